The summed E-state index contributed by atoms with van der Waals surface area (Å²) >= 11 is 0. The van der Waals surface area contributed by atoms with Crippen molar-refractivity contribution in [3.05, 3.63) is 64.3 Å². The summed E-state index contributed by atoms with van der Waals surface area (Å²) < 4.78 is 32.2. The van der Waals surface area contributed by atoms with Crippen molar-refractivity contribution in [3.8, 4) is 5.75 Å². The van der Waals surface area contributed by atoms with Crippen molar-refractivity contribution in [1.82, 2.24) is 14.2 Å². The van der Waals surface area contributed by atoms with Gasteiger partial charge in [0.2, 0.25) is 10.0 Å². The van der Waals surface area contributed by atoms with Crippen LogP contribution in [-0.4, -0.2) is 66.7 Å². The zero-order chi connectivity index (χ0) is 22.2. The van der Waals surface area contributed by atoms with Crippen LogP contribution in [0.2, 0.25) is 0 Å². The number of piperazine rings is 1. The van der Waals surface area contributed by atoms with Gasteiger partial charge in [-0.1, -0.05) is 6.07 Å². The van der Waals surface area contributed by atoms with Crippen LogP contribution in [0.25, 0.3) is 10.9 Å². The number of ether oxygens (including phenoxy) is 1. The number of nitro groups is 1. The molecule has 2 aromatic carbocycles. The van der Waals surface area contributed by atoms with E-state index in [2.05, 4.69) is 4.98 Å². The van der Waals surface area contributed by atoms with Crippen molar-refractivity contribution >= 4 is 32.5 Å². The summed E-state index contributed by atoms with van der Waals surface area (Å²) in [6.45, 7) is 0.632. The number of hydrogen-bond donors (Lipinski definition) is 1. The number of amides is 1. The highest BCUT2D eigenvalue weighted by Gasteiger charge is 2.31. The summed E-state index contributed by atoms with van der Waals surface area (Å²) in [7, 11) is -2.32. The highest BCUT2D eigenvalue weighted by Crippen LogP contribution is 2.24. The molecule has 1 saturated heterocycles. The van der Waals surface area contributed by atoms with Crippen LogP contribution in [0.15, 0.2) is 53.4 Å². The lowest BCUT2D eigenvalue weighted by Crippen LogP contribution is -2.50. The average molecular weight is 444 g/mol. The summed E-state index contributed by atoms with van der Waals surface area (Å²) in [5.74, 6) is 0.455. The molecule has 0 aliphatic carbocycles. The number of carbonyl (C=O) groups excluding carboxylic acids is 1. The second-order valence-corrected chi connectivity index (χ2v) is 9.02. The molecule has 11 heteroatoms. The minimum absolute atomic E-state index is 0.102. The average Bonchev–Trinajstić information content (AvgIpc) is 3.22. The fraction of sp³-hybridized carbons (Fsp3) is 0.250. The number of benzene rings is 2. The molecule has 1 aliphatic heterocycles. The SMILES string of the molecule is COc1ccc2cc(C(=O)N3CCN(S(=O)(=O)c4cccc([N+](=O)[O-])c4)CC3)[nH]c2c1. The van der Waals surface area contributed by atoms with Gasteiger partial charge in [-0.15, -0.1) is 0 Å². The molecule has 1 fully saturated rings. The molecule has 0 radical (unpaired) electrons. The van der Waals surface area contributed by atoms with E-state index in [1.165, 1.54) is 22.5 Å². The van der Waals surface area contributed by atoms with Crippen molar-refractivity contribution in [2.75, 3.05) is 33.3 Å². The second kappa shape index (κ2) is 8.00. The van der Waals surface area contributed by atoms with Gasteiger partial charge in [-0.3, -0.25) is 14.9 Å². The molecule has 0 atom stereocenters. The first kappa shape index (κ1) is 20.8. The number of methoxy groups -OCH3 is 1. The maximum absolute atomic E-state index is 12.9. The quantitative estimate of drug-likeness (QED) is 0.475. The molecule has 0 bridgehead atoms. The zero-order valence-corrected chi connectivity index (χ0v) is 17.5. The van der Waals surface area contributed by atoms with E-state index < -0.39 is 14.9 Å². The zero-order valence-electron chi connectivity index (χ0n) is 16.6. The lowest BCUT2D eigenvalue weighted by molar-refractivity contribution is -0.385. The Kier molecular flexibility index (Phi) is 5.38. The van der Waals surface area contributed by atoms with Gasteiger partial charge in [0, 0.05) is 55.3 Å². The molecule has 1 aromatic heterocycles. The van der Waals surface area contributed by atoms with Crippen LogP contribution >= 0.6 is 0 Å². The van der Waals surface area contributed by atoms with Crippen molar-refractivity contribution < 1.29 is 22.9 Å². The van der Waals surface area contributed by atoms with E-state index >= 15 is 0 Å². The standard InChI is InChI=1S/C20H20N4O6S/c1-30-16-6-5-14-11-19(21-18(14)13-16)20(25)22-7-9-23(10-8-22)31(28,29)17-4-2-3-15(12-17)24(26)27/h2-6,11-13,21H,7-10H2,1H3. The number of nitrogens with one attached hydrogen (secondary N) is 1. The predicted octanol–water partition coefficient (Wildman–Crippen LogP) is 2.23. The van der Waals surface area contributed by atoms with Gasteiger partial charge in [-0.05, 0) is 24.3 Å². The number of hydrogen-bond acceptors (Lipinski definition) is 6. The molecule has 31 heavy (non-hydrogen) atoms. The van der Waals surface area contributed by atoms with E-state index in [1.807, 2.05) is 12.1 Å². The number of aromatic amines is 1. The first-order valence-corrected chi connectivity index (χ1v) is 10.9. The van der Waals surface area contributed by atoms with Gasteiger partial charge in [0.05, 0.1) is 16.9 Å². The van der Waals surface area contributed by atoms with Crippen molar-refractivity contribution in [2.24, 2.45) is 0 Å². The fourth-order valence-electron chi connectivity index (χ4n) is 3.56. The number of carbonyl (C=O) groups is 1. The van der Waals surface area contributed by atoms with Crippen LogP contribution in [0.4, 0.5) is 5.69 Å². The Morgan fingerprint density at radius 3 is 2.52 bits per heavy atom. The van der Waals surface area contributed by atoms with Crippen LogP contribution in [0, 0.1) is 10.1 Å². The summed E-state index contributed by atoms with van der Waals surface area (Å²) in [4.78, 5) is 27.7. The molecular weight excluding hydrogens is 424 g/mol. The maximum atomic E-state index is 12.9. The number of sulfonamides is 1. The first-order valence-electron chi connectivity index (χ1n) is 9.50. The molecule has 2 heterocycles. The van der Waals surface area contributed by atoms with E-state index in [4.69, 9.17) is 4.74 Å². The number of fused-ring (bicyclic) bond motifs is 1. The Morgan fingerprint density at radius 2 is 1.84 bits per heavy atom. The van der Waals surface area contributed by atoms with Crippen molar-refractivity contribution in [3.63, 3.8) is 0 Å². The molecule has 0 unspecified atom stereocenters. The maximum Gasteiger partial charge on any atom is 0.270 e. The molecule has 0 spiro atoms. The molecule has 0 saturated carbocycles. The van der Waals surface area contributed by atoms with Crippen LogP contribution in [-0.2, 0) is 10.0 Å². The lowest BCUT2D eigenvalue weighted by Gasteiger charge is -2.33. The normalized spacial score (nSPS) is 15.2. The summed E-state index contributed by atoms with van der Waals surface area (Å²) in [6.07, 6.45) is 0. The third kappa shape index (κ3) is 3.97. The van der Waals surface area contributed by atoms with Crippen molar-refractivity contribution in [1.29, 1.82) is 0 Å². The van der Waals surface area contributed by atoms with Crippen LogP contribution in [0.1, 0.15) is 10.5 Å². The number of non-ortho nitro benzene ring substituents is 1. The smallest absolute Gasteiger partial charge is 0.270 e. The highest BCUT2D eigenvalue weighted by molar-refractivity contribution is 7.89. The summed E-state index contributed by atoms with van der Waals surface area (Å²) in [5, 5.41) is 11.8. The fourth-order valence-corrected chi connectivity index (χ4v) is 5.02. The molecule has 10 nitrogen and oxygen atoms in total. The van der Waals surface area contributed by atoms with E-state index in [-0.39, 0.29) is 42.7 Å². The third-order valence-electron chi connectivity index (χ3n) is 5.25. The van der Waals surface area contributed by atoms with Crippen LogP contribution in [0.5, 0.6) is 5.75 Å². The van der Waals surface area contributed by atoms with Gasteiger partial charge < -0.3 is 14.6 Å². The molecule has 162 valence electrons. The molecule has 1 aliphatic rings. The third-order valence-corrected chi connectivity index (χ3v) is 7.15. The predicted molar refractivity (Wildman–Crippen MR) is 113 cm³/mol. The number of rotatable bonds is 5. The van der Waals surface area contributed by atoms with Gasteiger partial charge in [-0.25, -0.2) is 8.42 Å². The van der Waals surface area contributed by atoms with Gasteiger partial charge in [0.1, 0.15) is 11.4 Å². The van der Waals surface area contributed by atoms with Gasteiger partial charge in [0.25, 0.3) is 11.6 Å². The minimum Gasteiger partial charge on any atom is -0.497 e. The largest absolute Gasteiger partial charge is 0.497 e. The Morgan fingerprint density at radius 1 is 1.10 bits per heavy atom. The molecule has 4 rings (SSSR count). The minimum atomic E-state index is -3.89. The van der Waals surface area contributed by atoms with Gasteiger partial charge >= 0.3 is 0 Å². The summed E-state index contributed by atoms with van der Waals surface area (Å²) in [6, 6.07) is 12.2. The van der Waals surface area contributed by atoms with E-state index in [1.54, 1.807) is 24.1 Å². The number of aromatic nitrogens is 1. The van der Waals surface area contributed by atoms with Gasteiger partial charge in [0.15, 0.2) is 0 Å². The Labute approximate surface area is 178 Å². The summed E-state index contributed by atoms with van der Waals surface area (Å²) in [5.41, 5.74) is 0.901. The molecule has 1 N–H and O–H groups in total. The Bertz CT molecular complexity index is 1260. The molecule has 3 aromatic rings. The van der Waals surface area contributed by atoms with E-state index in [9.17, 15) is 23.3 Å². The number of H-pyrrole nitrogens is 1. The first-order chi connectivity index (χ1) is 14.8. The van der Waals surface area contributed by atoms with E-state index in [0.29, 0.717) is 11.4 Å². The highest BCUT2D eigenvalue weighted by atomic mass is 32.2. The second-order valence-electron chi connectivity index (χ2n) is 7.09. The lowest BCUT2D eigenvalue weighted by atomic mass is 10.2. The Balaban J connectivity index is 1.47. The van der Waals surface area contributed by atoms with Crippen LogP contribution < -0.4 is 4.74 Å². The van der Waals surface area contributed by atoms with Crippen molar-refractivity contribution in [2.45, 2.75) is 4.90 Å². The van der Waals surface area contributed by atoms with Crippen LogP contribution in [0.3, 0.4) is 0 Å². The molecule has 1 amide bonds. The van der Waals surface area contributed by atoms with E-state index in [0.717, 1.165) is 17.0 Å². The van der Waals surface area contributed by atoms with Gasteiger partial charge in [-0.2, -0.15) is 4.31 Å². The topological polar surface area (TPSA) is 126 Å². The monoisotopic (exact) mass is 444 g/mol. The molecular formula is C20H20N4O6S. The number of nitro benzene ring substituents is 1. The Hall–Kier alpha value is -3.44. The number of nitrogens with zero attached hydrogens (tertiary/aromatic N) is 3.